The predicted molar refractivity (Wildman–Crippen MR) is 189 cm³/mol. The Bertz CT molecular complexity index is 1780. The molecule has 6 heterocycles. The van der Waals surface area contributed by atoms with Crippen molar-refractivity contribution in [1.82, 2.24) is 39.7 Å². The number of carbonyl (C=O) groups excluding carboxylic acids is 2. The molecule has 51 heavy (non-hydrogen) atoms. The Morgan fingerprint density at radius 1 is 0.961 bits per heavy atom. The molecule has 1 unspecified atom stereocenters. The van der Waals surface area contributed by atoms with Crippen molar-refractivity contribution < 1.29 is 22.8 Å². The molecule has 0 saturated carbocycles. The molecule has 0 spiro atoms. The lowest BCUT2D eigenvalue weighted by Gasteiger charge is -2.51. The topological polar surface area (TPSA) is 136 Å². The van der Waals surface area contributed by atoms with E-state index in [4.69, 9.17) is 5.73 Å². The Morgan fingerprint density at radius 3 is 2.27 bits per heavy atom. The van der Waals surface area contributed by atoms with Crippen molar-refractivity contribution in [3.63, 3.8) is 0 Å². The first-order valence-corrected chi connectivity index (χ1v) is 18.4. The third kappa shape index (κ3) is 7.68. The van der Waals surface area contributed by atoms with Crippen LogP contribution < -0.4 is 16.7 Å². The van der Waals surface area contributed by atoms with Gasteiger partial charge in [0, 0.05) is 68.3 Å². The third-order valence-electron chi connectivity index (χ3n) is 11.0. The number of carbonyl (C=O) groups is 2. The molecule has 1 aromatic heterocycles. The van der Waals surface area contributed by atoms with Crippen LogP contribution in [0.2, 0.25) is 0 Å². The van der Waals surface area contributed by atoms with Gasteiger partial charge < -0.3 is 25.8 Å². The minimum atomic E-state index is -4.70. The third-order valence-corrected chi connectivity index (χ3v) is 11.7. The van der Waals surface area contributed by atoms with Gasteiger partial charge in [-0.1, -0.05) is 30.3 Å². The molecule has 2 aromatic carbocycles. The lowest BCUT2D eigenvalue weighted by molar-refractivity contribution is -0.137. The molecule has 2 bridgehead atoms. The largest absolute Gasteiger partial charge is 0.418 e. The molecule has 5 fully saturated rings. The second-order valence-electron chi connectivity index (χ2n) is 14.1. The second-order valence-corrected chi connectivity index (χ2v) is 15.0. The van der Waals surface area contributed by atoms with Crippen LogP contribution >= 0.6 is 15.9 Å². The number of hydrogen-bond acceptors (Lipinski definition) is 7. The fourth-order valence-corrected chi connectivity index (χ4v) is 8.68. The number of alkyl halides is 3. The average molecular weight is 775 g/mol. The highest BCUT2D eigenvalue weighted by Crippen LogP contribution is 2.38. The number of hydrogen-bond donors (Lipinski definition) is 3. The number of halogens is 4. The van der Waals surface area contributed by atoms with Gasteiger partial charge in [-0.25, -0.2) is 14.3 Å². The summed E-state index contributed by atoms with van der Waals surface area (Å²) in [5.74, 6) is 0.803. The number of benzene rings is 2. The fraction of sp³-hybridized carbons (Fsp3) is 0.543. The highest BCUT2D eigenvalue weighted by atomic mass is 79.9. The number of rotatable bonds is 7. The molecule has 12 nitrogen and oxygen atoms in total. The Balaban J connectivity index is 1.04. The second kappa shape index (κ2) is 14.6. The maximum Gasteiger partial charge on any atom is 0.418 e. The van der Waals surface area contributed by atoms with Crippen LogP contribution in [-0.2, 0) is 17.4 Å². The summed E-state index contributed by atoms with van der Waals surface area (Å²) in [5, 5.41) is 7.38. The summed E-state index contributed by atoms with van der Waals surface area (Å²) in [6.07, 6.45) is -1.52. The van der Waals surface area contributed by atoms with E-state index in [0.29, 0.717) is 69.9 Å². The van der Waals surface area contributed by atoms with Crippen LogP contribution in [0.25, 0.3) is 11.4 Å². The standard InChI is InChI=1S/C35H43BrF3N9O3/c36-27-19-22(18-26(30(27)40)35(37,38)39)20-28(32(49)46-16-14-45(15-17-46)29-21-44-10-6-23(29)7-11-44)41-33(50)47-12-8-25(9-13-47)48-34(51)42-31(43-48)24-4-2-1-3-5-24/h1-5,18-19,23,25,28-29H,6-17,20-21,40H2,(H,41,50)(H,42,43,51)/t28-,29?/m1/s1. The lowest BCUT2D eigenvalue weighted by Crippen LogP contribution is -2.63. The normalized spacial score (nSPS) is 23.7. The van der Waals surface area contributed by atoms with Gasteiger partial charge in [-0.3, -0.25) is 14.7 Å². The number of H-pyrrole nitrogens is 1. The molecule has 0 radical (unpaired) electrons. The predicted octanol–water partition coefficient (Wildman–Crippen LogP) is 3.80. The van der Waals surface area contributed by atoms with Crippen molar-refractivity contribution in [2.75, 3.05) is 64.6 Å². The van der Waals surface area contributed by atoms with Crippen LogP contribution in [0.3, 0.4) is 0 Å². The molecule has 5 aliphatic rings. The van der Waals surface area contributed by atoms with E-state index in [9.17, 15) is 27.6 Å². The molecule has 5 saturated heterocycles. The van der Waals surface area contributed by atoms with E-state index in [2.05, 4.69) is 41.1 Å². The lowest BCUT2D eigenvalue weighted by atomic mass is 9.83. The molecule has 16 heteroatoms. The van der Waals surface area contributed by atoms with E-state index < -0.39 is 29.5 Å². The van der Waals surface area contributed by atoms with Gasteiger partial charge in [0.05, 0.1) is 17.3 Å². The molecule has 5 aliphatic heterocycles. The fourth-order valence-electron chi connectivity index (χ4n) is 8.17. The number of likely N-dealkylation sites (tertiary alicyclic amines) is 1. The monoisotopic (exact) mass is 773 g/mol. The highest BCUT2D eigenvalue weighted by molar-refractivity contribution is 9.10. The molecular weight excluding hydrogens is 731 g/mol. The summed E-state index contributed by atoms with van der Waals surface area (Å²) in [7, 11) is 0. The van der Waals surface area contributed by atoms with Gasteiger partial charge in [-0.15, -0.1) is 5.10 Å². The zero-order valence-corrected chi connectivity index (χ0v) is 29.8. The Labute approximate surface area is 302 Å². The van der Waals surface area contributed by atoms with Crippen LogP contribution in [-0.4, -0.2) is 117 Å². The van der Waals surface area contributed by atoms with Crippen LogP contribution in [0.5, 0.6) is 0 Å². The molecule has 2 atom stereocenters. The van der Waals surface area contributed by atoms with Crippen molar-refractivity contribution in [2.24, 2.45) is 5.92 Å². The number of piperidine rings is 4. The number of fused-ring (bicyclic) bond motifs is 3. The number of nitrogens with two attached hydrogens (primary N) is 1. The Hall–Kier alpha value is -3.89. The number of piperazine rings is 1. The van der Waals surface area contributed by atoms with Gasteiger partial charge >= 0.3 is 17.9 Å². The van der Waals surface area contributed by atoms with Gasteiger partial charge in [-0.05, 0) is 78.3 Å². The summed E-state index contributed by atoms with van der Waals surface area (Å²) in [5.41, 5.74) is 5.01. The quantitative estimate of drug-likeness (QED) is 0.311. The zero-order valence-electron chi connectivity index (χ0n) is 28.2. The number of anilines is 1. The summed E-state index contributed by atoms with van der Waals surface area (Å²) in [4.78, 5) is 51.7. The van der Waals surface area contributed by atoms with Gasteiger partial charge in [0.25, 0.3) is 0 Å². The molecule has 4 N–H and O–H groups in total. The first kappa shape index (κ1) is 35.5. The summed E-state index contributed by atoms with van der Waals surface area (Å²) in [6, 6.07) is 10.4. The number of aromatic nitrogens is 3. The summed E-state index contributed by atoms with van der Waals surface area (Å²) in [6.45, 7) is 6.32. The molecular formula is C35H43BrF3N9O3. The maximum absolute atomic E-state index is 14.1. The van der Waals surface area contributed by atoms with Crippen molar-refractivity contribution >= 4 is 33.6 Å². The highest BCUT2D eigenvalue weighted by Gasteiger charge is 2.40. The van der Waals surface area contributed by atoms with E-state index in [1.54, 1.807) is 9.80 Å². The van der Waals surface area contributed by atoms with Crippen LogP contribution in [0, 0.1) is 5.92 Å². The SMILES string of the molecule is Nc1c(Br)cc(C[C@@H](NC(=O)N2CCC(n3nc(-c4ccccc4)[nH]c3=O)CC2)C(=O)N2CCN(C3CN4CCC3CC4)CC2)cc1C(F)(F)F. The first-order valence-electron chi connectivity index (χ1n) is 17.6. The van der Waals surface area contributed by atoms with Gasteiger partial charge in [0.1, 0.15) is 6.04 Å². The van der Waals surface area contributed by atoms with E-state index >= 15 is 0 Å². The van der Waals surface area contributed by atoms with Crippen LogP contribution in [0.4, 0.5) is 23.7 Å². The van der Waals surface area contributed by atoms with E-state index in [1.807, 2.05) is 30.3 Å². The van der Waals surface area contributed by atoms with Crippen molar-refractivity contribution in [2.45, 2.75) is 56.4 Å². The van der Waals surface area contributed by atoms with Crippen molar-refractivity contribution in [1.29, 1.82) is 0 Å². The number of aromatic amines is 1. The van der Waals surface area contributed by atoms with E-state index in [-0.39, 0.29) is 34.1 Å². The first-order chi connectivity index (χ1) is 24.4. The van der Waals surface area contributed by atoms with Crippen LogP contribution in [0.15, 0.2) is 51.7 Å². The molecule has 8 rings (SSSR count). The van der Waals surface area contributed by atoms with Crippen molar-refractivity contribution in [3.8, 4) is 11.4 Å². The number of amides is 3. The van der Waals surface area contributed by atoms with Gasteiger partial charge in [-0.2, -0.15) is 13.2 Å². The van der Waals surface area contributed by atoms with E-state index in [1.165, 1.54) is 23.6 Å². The Morgan fingerprint density at radius 2 is 1.65 bits per heavy atom. The minimum absolute atomic E-state index is 0.0714. The maximum atomic E-state index is 14.1. The number of nitrogens with zero attached hydrogens (tertiary/aromatic N) is 6. The van der Waals surface area contributed by atoms with E-state index in [0.717, 1.165) is 31.3 Å². The number of nitrogen functional groups attached to an aromatic ring is 1. The molecule has 0 aliphatic carbocycles. The molecule has 3 aromatic rings. The smallest absolute Gasteiger partial charge is 0.397 e. The summed E-state index contributed by atoms with van der Waals surface area (Å²) >= 11 is 3.15. The Kier molecular flexibility index (Phi) is 10.2. The van der Waals surface area contributed by atoms with Crippen LogP contribution in [0.1, 0.15) is 42.9 Å². The summed E-state index contributed by atoms with van der Waals surface area (Å²) < 4.78 is 43.1. The van der Waals surface area contributed by atoms with Crippen molar-refractivity contribution in [3.05, 3.63) is 68.5 Å². The van der Waals surface area contributed by atoms with Gasteiger partial charge in [0.15, 0.2) is 5.82 Å². The minimum Gasteiger partial charge on any atom is -0.397 e. The van der Waals surface area contributed by atoms with Gasteiger partial charge in [0.2, 0.25) is 5.91 Å². The zero-order chi connectivity index (χ0) is 35.9. The molecule has 274 valence electrons. The average Bonchev–Trinajstić information content (AvgIpc) is 3.54. The number of urea groups is 1. The molecule has 3 amide bonds. The number of nitrogens with one attached hydrogen (secondary N) is 2.